The van der Waals surface area contributed by atoms with E-state index in [-0.39, 0.29) is 17.9 Å². The highest BCUT2D eigenvalue weighted by Gasteiger charge is 2.31. The first kappa shape index (κ1) is 28.9. The molecule has 0 bridgehead atoms. The van der Waals surface area contributed by atoms with Gasteiger partial charge < -0.3 is 10.2 Å². The van der Waals surface area contributed by atoms with Crippen molar-refractivity contribution in [1.82, 2.24) is 10.2 Å². The largest absolute Gasteiger partial charge is 0.352 e. The highest BCUT2D eigenvalue weighted by molar-refractivity contribution is 7.99. The molecule has 1 saturated carbocycles. The lowest BCUT2D eigenvalue weighted by atomic mass is 9.94. The molecule has 0 radical (unpaired) electrons. The molecular formula is C34H42N2O2S. The molecule has 5 heteroatoms. The minimum atomic E-state index is -0.566. The Balaban J connectivity index is 1.57. The zero-order chi connectivity index (χ0) is 27.6. The number of nitrogens with zero attached hydrogens (tertiary/aromatic N) is 1. The van der Waals surface area contributed by atoms with Crippen molar-refractivity contribution in [1.29, 1.82) is 0 Å². The van der Waals surface area contributed by atoms with E-state index in [0.717, 1.165) is 48.1 Å². The van der Waals surface area contributed by atoms with E-state index in [1.165, 1.54) is 23.1 Å². The second-order valence-corrected chi connectivity index (χ2v) is 12.0. The summed E-state index contributed by atoms with van der Waals surface area (Å²) in [5.41, 5.74) is 6.96. The highest BCUT2D eigenvalue weighted by Crippen LogP contribution is 2.22. The molecule has 0 heterocycles. The Kier molecular flexibility index (Phi) is 10.7. The first-order valence-electron chi connectivity index (χ1n) is 14.2. The Labute approximate surface area is 238 Å². The van der Waals surface area contributed by atoms with Crippen molar-refractivity contribution >= 4 is 23.6 Å². The molecule has 4 rings (SSSR count). The van der Waals surface area contributed by atoms with E-state index in [1.54, 1.807) is 11.8 Å². The number of carbonyl (C=O) groups is 2. The van der Waals surface area contributed by atoms with Crippen LogP contribution in [-0.2, 0) is 28.3 Å². The van der Waals surface area contributed by atoms with Gasteiger partial charge in [0.25, 0.3) is 0 Å². The summed E-state index contributed by atoms with van der Waals surface area (Å²) in [7, 11) is 0. The van der Waals surface area contributed by atoms with Crippen LogP contribution >= 0.6 is 11.8 Å². The van der Waals surface area contributed by atoms with E-state index in [4.69, 9.17) is 0 Å². The number of benzene rings is 3. The van der Waals surface area contributed by atoms with Crippen molar-refractivity contribution in [2.45, 2.75) is 83.7 Å². The third-order valence-electron chi connectivity index (χ3n) is 7.43. The molecule has 206 valence electrons. The predicted molar refractivity (Wildman–Crippen MR) is 163 cm³/mol. The van der Waals surface area contributed by atoms with Crippen LogP contribution in [0.1, 0.15) is 65.5 Å². The topological polar surface area (TPSA) is 49.4 Å². The van der Waals surface area contributed by atoms with Crippen LogP contribution in [0.15, 0.2) is 72.8 Å². The summed E-state index contributed by atoms with van der Waals surface area (Å²) in [4.78, 5) is 29.6. The summed E-state index contributed by atoms with van der Waals surface area (Å²) in [6.07, 6.45) is 6.06. The van der Waals surface area contributed by atoms with Crippen molar-refractivity contribution in [2.24, 2.45) is 0 Å². The van der Waals surface area contributed by atoms with Gasteiger partial charge in [0.05, 0.1) is 5.75 Å². The molecule has 3 aromatic carbocycles. The Morgan fingerprint density at radius 1 is 0.821 bits per heavy atom. The fraction of sp³-hybridized carbons (Fsp3) is 0.412. The quantitative estimate of drug-likeness (QED) is 0.286. The van der Waals surface area contributed by atoms with Gasteiger partial charge in [-0.05, 0) is 50.3 Å². The maximum atomic E-state index is 13.9. The molecule has 1 atom stereocenters. The number of rotatable bonds is 11. The van der Waals surface area contributed by atoms with E-state index in [0.29, 0.717) is 18.7 Å². The molecule has 1 N–H and O–H groups in total. The number of thioether (sulfide) groups is 1. The van der Waals surface area contributed by atoms with Gasteiger partial charge >= 0.3 is 0 Å². The van der Waals surface area contributed by atoms with Crippen molar-refractivity contribution in [3.63, 3.8) is 0 Å². The Morgan fingerprint density at radius 3 is 2.18 bits per heavy atom. The van der Waals surface area contributed by atoms with Crippen LogP contribution in [0.25, 0.3) is 0 Å². The van der Waals surface area contributed by atoms with E-state index >= 15 is 0 Å². The molecule has 2 amide bonds. The van der Waals surface area contributed by atoms with Crippen molar-refractivity contribution < 1.29 is 9.59 Å². The fourth-order valence-electron chi connectivity index (χ4n) is 5.60. The van der Waals surface area contributed by atoms with Gasteiger partial charge in [-0.2, -0.15) is 0 Å². The molecule has 1 fully saturated rings. The van der Waals surface area contributed by atoms with Crippen LogP contribution in [0.5, 0.6) is 0 Å². The average Bonchev–Trinajstić information content (AvgIpc) is 2.91. The van der Waals surface area contributed by atoms with Crippen LogP contribution in [0.2, 0.25) is 0 Å². The number of carbonyl (C=O) groups excluding carboxylic acids is 2. The molecule has 3 aromatic rings. The monoisotopic (exact) mass is 542 g/mol. The summed E-state index contributed by atoms with van der Waals surface area (Å²) in [6, 6.07) is 24.5. The third kappa shape index (κ3) is 8.99. The smallest absolute Gasteiger partial charge is 0.243 e. The van der Waals surface area contributed by atoms with Gasteiger partial charge in [0.15, 0.2) is 0 Å². The molecule has 4 nitrogen and oxygen atoms in total. The van der Waals surface area contributed by atoms with Gasteiger partial charge in [0.2, 0.25) is 11.8 Å². The number of aryl methyl sites for hydroxylation is 3. The average molecular weight is 543 g/mol. The standard InChI is InChI=1S/C34H42N2O2S/c1-25-11-10-14-29(18-25)22-36(33(37)24-39-23-30-19-26(2)17-27(3)20-30)32(21-28-12-6-4-7-13-28)34(38)35-31-15-8-5-9-16-31/h4,6-7,10-14,17-20,31-32H,5,8-9,15-16,21-24H2,1-3H3,(H,35,38)/t32-/m1/s1. The summed E-state index contributed by atoms with van der Waals surface area (Å²) in [5, 5.41) is 3.33. The van der Waals surface area contributed by atoms with Gasteiger partial charge in [-0.15, -0.1) is 11.8 Å². The lowest BCUT2D eigenvalue weighted by molar-refractivity contribution is -0.139. The maximum Gasteiger partial charge on any atom is 0.243 e. The molecule has 39 heavy (non-hydrogen) atoms. The molecule has 1 aliphatic rings. The van der Waals surface area contributed by atoms with Crippen LogP contribution in [0, 0.1) is 20.8 Å². The molecule has 0 saturated heterocycles. The summed E-state index contributed by atoms with van der Waals surface area (Å²) in [6.45, 7) is 6.69. The SMILES string of the molecule is Cc1cc(C)cc(CSCC(=O)N(Cc2cccc(C)c2)[C@H](Cc2ccccc2)C(=O)NC2CCCCC2)c1. The van der Waals surface area contributed by atoms with E-state index in [9.17, 15) is 9.59 Å². The zero-order valence-corrected chi connectivity index (χ0v) is 24.4. The Hall–Kier alpha value is -3.05. The van der Waals surface area contributed by atoms with Crippen molar-refractivity contribution in [3.05, 3.63) is 106 Å². The lowest BCUT2D eigenvalue weighted by Gasteiger charge is -2.33. The van der Waals surface area contributed by atoms with Gasteiger partial charge in [-0.1, -0.05) is 109 Å². The molecule has 0 aliphatic heterocycles. The Morgan fingerprint density at radius 2 is 1.49 bits per heavy atom. The van der Waals surface area contributed by atoms with Crippen LogP contribution in [-0.4, -0.2) is 34.6 Å². The Bertz CT molecular complexity index is 1220. The van der Waals surface area contributed by atoms with Crippen LogP contribution in [0.4, 0.5) is 0 Å². The van der Waals surface area contributed by atoms with Crippen molar-refractivity contribution in [2.75, 3.05) is 5.75 Å². The van der Waals surface area contributed by atoms with Crippen molar-refractivity contribution in [3.8, 4) is 0 Å². The molecule has 0 aromatic heterocycles. The van der Waals surface area contributed by atoms with E-state index in [2.05, 4.69) is 62.5 Å². The molecule has 0 unspecified atom stereocenters. The molecule has 1 aliphatic carbocycles. The summed E-state index contributed by atoms with van der Waals surface area (Å²) >= 11 is 1.62. The minimum Gasteiger partial charge on any atom is -0.352 e. The molecular weight excluding hydrogens is 500 g/mol. The summed E-state index contributed by atoms with van der Waals surface area (Å²) in [5.74, 6) is 1.07. The first-order valence-corrected chi connectivity index (χ1v) is 15.4. The highest BCUT2D eigenvalue weighted by atomic mass is 32.2. The second kappa shape index (κ2) is 14.4. The van der Waals surface area contributed by atoms with E-state index in [1.807, 2.05) is 41.3 Å². The minimum absolute atomic E-state index is 0.00519. The lowest BCUT2D eigenvalue weighted by Crippen LogP contribution is -2.53. The maximum absolute atomic E-state index is 13.9. The van der Waals surface area contributed by atoms with Gasteiger partial charge in [-0.25, -0.2) is 0 Å². The number of hydrogen-bond acceptors (Lipinski definition) is 3. The second-order valence-electron chi connectivity index (χ2n) is 11.0. The third-order valence-corrected chi connectivity index (χ3v) is 8.42. The fourth-order valence-corrected chi connectivity index (χ4v) is 6.44. The van der Waals surface area contributed by atoms with E-state index < -0.39 is 6.04 Å². The van der Waals surface area contributed by atoms with Gasteiger partial charge in [0.1, 0.15) is 6.04 Å². The summed E-state index contributed by atoms with van der Waals surface area (Å²) < 4.78 is 0. The van der Waals surface area contributed by atoms with Gasteiger partial charge in [0, 0.05) is 24.8 Å². The first-order chi connectivity index (χ1) is 18.9. The molecule has 0 spiro atoms. The van der Waals surface area contributed by atoms with Crippen LogP contribution in [0.3, 0.4) is 0 Å². The predicted octanol–water partition coefficient (Wildman–Crippen LogP) is 6.93. The normalized spacial score (nSPS) is 14.5. The number of hydrogen-bond donors (Lipinski definition) is 1. The zero-order valence-electron chi connectivity index (χ0n) is 23.6. The van der Waals surface area contributed by atoms with Gasteiger partial charge in [-0.3, -0.25) is 9.59 Å². The van der Waals surface area contributed by atoms with Crippen LogP contribution < -0.4 is 5.32 Å². The number of amides is 2. The number of nitrogens with one attached hydrogen (secondary N) is 1.